The summed E-state index contributed by atoms with van der Waals surface area (Å²) >= 11 is 2.70. The first-order valence-electron chi connectivity index (χ1n) is 8.50. The number of carbonyl (C=O) groups excluding carboxylic acids is 1. The number of ether oxygens (including phenoxy) is 1. The number of fused-ring (bicyclic) bond motifs is 1. The summed E-state index contributed by atoms with van der Waals surface area (Å²) in [7, 11) is 0. The van der Waals surface area contributed by atoms with Crippen LogP contribution in [0.4, 0.5) is 5.13 Å². The van der Waals surface area contributed by atoms with E-state index in [0.29, 0.717) is 22.7 Å². The summed E-state index contributed by atoms with van der Waals surface area (Å²) < 4.78 is 8.20. The van der Waals surface area contributed by atoms with Crippen molar-refractivity contribution in [3.8, 4) is 11.6 Å². The van der Waals surface area contributed by atoms with Gasteiger partial charge in [0.1, 0.15) is 17.9 Å². The van der Waals surface area contributed by atoms with Crippen molar-refractivity contribution in [2.75, 3.05) is 17.7 Å². The summed E-state index contributed by atoms with van der Waals surface area (Å²) in [6.45, 7) is 2.54. The molecule has 10 heteroatoms. The van der Waals surface area contributed by atoms with Crippen LogP contribution in [0.2, 0.25) is 0 Å². The lowest BCUT2D eigenvalue weighted by Crippen LogP contribution is -2.14. The summed E-state index contributed by atoms with van der Waals surface area (Å²) in [5, 5.41) is 12.0. The number of rotatable bonds is 7. The molecule has 0 bridgehead atoms. The molecule has 8 nitrogen and oxygen atoms in total. The number of thiazole rings is 1. The van der Waals surface area contributed by atoms with Crippen LogP contribution < -0.4 is 10.1 Å². The highest BCUT2D eigenvalue weighted by molar-refractivity contribution is 7.99. The molecule has 3 heterocycles. The van der Waals surface area contributed by atoms with Gasteiger partial charge in [0.15, 0.2) is 10.3 Å². The molecule has 0 aliphatic rings. The molecule has 0 spiro atoms. The fourth-order valence-electron chi connectivity index (χ4n) is 2.48. The lowest BCUT2D eigenvalue weighted by molar-refractivity contribution is -0.113. The molecule has 1 N–H and O–H groups in total. The highest BCUT2D eigenvalue weighted by atomic mass is 32.2. The Bertz CT molecular complexity index is 1100. The highest BCUT2D eigenvalue weighted by Gasteiger charge is 2.13. The van der Waals surface area contributed by atoms with Gasteiger partial charge < -0.3 is 10.1 Å². The fourth-order valence-corrected chi connectivity index (χ4v) is 4.10. The number of hydrogen-bond donors (Lipinski definition) is 1. The van der Waals surface area contributed by atoms with E-state index in [-0.39, 0.29) is 11.7 Å². The maximum absolute atomic E-state index is 12.3. The molecule has 0 fully saturated rings. The second kappa shape index (κ2) is 8.36. The van der Waals surface area contributed by atoms with E-state index in [2.05, 4.69) is 25.5 Å². The molecule has 0 aliphatic heterocycles. The summed E-state index contributed by atoms with van der Waals surface area (Å²) in [6, 6.07) is 11.3. The Hall–Kier alpha value is -2.98. The number of hydrogen-bond acceptors (Lipinski definition) is 8. The lowest BCUT2D eigenvalue weighted by atomic mass is 10.3. The minimum Gasteiger partial charge on any atom is -0.494 e. The predicted molar refractivity (Wildman–Crippen MR) is 109 cm³/mol. The number of benzene rings is 1. The maximum atomic E-state index is 12.3. The van der Waals surface area contributed by atoms with Crippen LogP contribution in [-0.2, 0) is 4.79 Å². The standard InChI is InChI=1S/C18H16N6O2S2/c1-2-26-12-6-7-13-14(9-12)28-17(21-13)22-16(25)10-27-18-23-20-11-24(18)15-5-3-4-8-19-15/h3-9,11H,2,10H2,1H3,(H,21,22,25). The lowest BCUT2D eigenvalue weighted by Gasteiger charge is -2.04. The zero-order valence-corrected chi connectivity index (χ0v) is 16.5. The van der Waals surface area contributed by atoms with Crippen molar-refractivity contribution in [1.82, 2.24) is 24.7 Å². The molecule has 0 saturated heterocycles. The van der Waals surface area contributed by atoms with Crippen LogP contribution in [0.15, 0.2) is 54.1 Å². The molecule has 1 aromatic carbocycles. The third-order valence-electron chi connectivity index (χ3n) is 3.66. The van der Waals surface area contributed by atoms with Crippen LogP contribution in [0.3, 0.4) is 0 Å². The van der Waals surface area contributed by atoms with Crippen LogP contribution >= 0.6 is 23.1 Å². The smallest absolute Gasteiger partial charge is 0.236 e. The molecule has 0 saturated carbocycles. The van der Waals surface area contributed by atoms with Gasteiger partial charge in [-0.1, -0.05) is 29.2 Å². The van der Waals surface area contributed by atoms with E-state index in [0.717, 1.165) is 16.0 Å². The van der Waals surface area contributed by atoms with Crippen molar-refractivity contribution in [3.63, 3.8) is 0 Å². The SMILES string of the molecule is CCOc1ccc2nc(NC(=O)CSc3nncn3-c3ccccn3)sc2c1. The number of pyridine rings is 1. The Morgan fingerprint density at radius 1 is 1.32 bits per heavy atom. The fraction of sp³-hybridized carbons (Fsp3) is 0.167. The maximum Gasteiger partial charge on any atom is 0.236 e. The van der Waals surface area contributed by atoms with E-state index < -0.39 is 0 Å². The van der Waals surface area contributed by atoms with E-state index in [1.165, 1.54) is 23.1 Å². The highest BCUT2D eigenvalue weighted by Crippen LogP contribution is 2.29. The average Bonchev–Trinajstić information content (AvgIpc) is 3.33. The Balaban J connectivity index is 1.40. The van der Waals surface area contributed by atoms with Gasteiger partial charge >= 0.3 is 0 Å². The van der Waals surface area contributed by atoms with E-state index in [1.807, 2.05) is 43.3 Å². The number of nitrogens with one attached hydrogen (secondary N) is 1. The molecular formula is C18H16N6O2S2. The molecule has 3 aromatic heterocycles. The molecule has 0 aliphatic carbocycles. The number of amides is 1. The molecule has 4 aromatic rings. The summed E-state index contributed by atoms with van der Waals surface area (Å²) in [6.07, 6.45) is 3.27. The van der Waals surface area contributed by atoms with E-state index in [1.54, 1.807) is 17.1 Å². The van der Waals surface area contributed by atoms with E-state index in [9.17, 15) is 4.79 Å². The molecular weight excluding hydrogens is 396 g/mol. The predicted octanol–water partition coefficient (Wildman–Crippen LogP) is 3.40. The van der Waals surface area contributed by atoms with Crippen LogP contribution in [0.5, 0.6) is 5.75 Å². The Morgan fingerprint density at radius 2 is 2.25 bits per heavy atom. The van der Waals surface area contributed by atoms with Gasteiger partial charge in [0, 0.05) is 6.20 Å². The number of thioether (sulfide) groups is 1. The van der Waals surface area contributed by atoms with Gasteiger partial charge in [0.25, 0.3) is 0 Å². The Labute approximate surface area is 169 Å². The van der Waals surface area contributed by atoms with Gasteiger partial charge in [-0.05, 0) is 37.3 Å². The minimum absolute atomic E-state index is 0.162. The summed E-state index contributed by atoms with van der Waals surface area (Å²) in [5.74, 6) is 1.52. The van der Waals surface area contributed by atoms with Gasteiger partial charge in [-0.3, -0.25) is 9.36 Å². The first-order chi connectivity index (χ1) is 13.7. The largest absolute Gasteiger partial charge is 0.494 e. The first-order valence-corrected chi connectivity index (χ1v) is 10.3. The summed E-state index contributed by atoms with van der Waals surface area (Å²) in [4.78, 5) is 21.1. The topological polar surface area (TPSA) is 94.8 Å². The van der Waals surface area contributed by atoms with Crippen molar-refractivity contribution in [2.24, 2.45) is 0 Å². The molecule has 0 unspecified atom stereocenters. The van der Waals surface area contributed by atoms with Crippen molar-refractivity contribution >= 4 is 44.4 Å². The van der Waals surface area contributed by atoms with Crippen LogP contribution in [-0.4, -0.2) is 43.0 Å². The molecule has 1 amide bonds. The van der Waals surface area contributed by atoms with Gasteiger partial charge in [-0.15, -0.1) is 10.2 Å². The average molecular weight is 413 g/mol. The van der Waals surface area contributed by atoms with Gasteiger partial charge in [0.05, 0.1) is 22.6 Å². The quantitative estimate of drug-likeness (QED) is 0.465. The van der Waals surface area contributed by atoms with Crippen molar-refractivity contribution in [3.05, 3.63) is 48.9 Å². The molecule has 0 radical (unpaired) electrons. The van der Waals surface area contributed by atoms with Crippen molar-refractivity contribution in [2.45, 2.75) is 12.1 Å². The number of aromatic nitrogens is 5. The van der Waals surface area contributed by atoms with Crippen LogP contribution in [0.1, 0.15) is 6.92 Å². The van der Waals surface area contributed by atoms with E-state index >= 15 is 0 Å². The first kappa shape index (κ1) is 18.4. The third kappa shape index (κ3) is 4.12. The Kier molecular flexibility index (Phi) is 5.49. The molecule has 142 valence electrons. The zero-order valence-electron chi connectivity index (χ0n) is 14.9. The molecule has 0 atom stereocenters. The van der Waals surface area contributed by atoms with Crippen LogP contribution in [0, 0.1) is 0 Å². The van der Waals surface area contributed by atoms with Gasteiger partial charge in [-0.25, -0.2) is 9.97 Å². The van der Waals surface area contributed by atoms with Gasteiger partial charge in [0.2, 0.25) is 5.91 Å². The number of carbonyl (C=O) groups is 1. The molecule has 4 rings (SSSR count). The Morgan fingerprint density at radius 3 is 3.07 bits per heavy atom. The van der Waals surface area contributed by atoms with Crippen LogP contribution in [0.25, 0.3) is 16.0 Å². The number of nitrogens with zero attached hydrogens (tertiary/aromatic N) is 5. The third-order valence-corrected chi connectivity index (χ3v) is 5.54. The normalized spacial score (nSPS) is 10.9. The summed E-state index contributed by atoms with van der Waals surface area (Å²) in [5.41, 5.74) is 0.825. The molecule has 28 heavy (non-hydrogen) atoms. The van der Waals surface area contributed by atoms with Gasteiger partial charge in [-0.2, -0.15) is 0 Å². The van der Waals surface area contributed by atoms with Crippen molar-refractivity contribution < 1.29 is 9.53 Å². The zero-order chi connectivity index (χ0) is 19.3. The number of anilines is 1. The van der Waals surface area contributed by atoms with Crippen molar-refractivity contribution in [1.29, 1.82) is 0 Å². The minimum atomic E-state index is -0.162. The second-order valence-electron chi connectivity index (χ2n) is 5.59. The van der Waals surface area contributed by atoms with E-state index in [4.69, 9.17) is 4.74 Å². The monoisotopic (exact) mass is 412 g/mol. The second-order valence-corrected chi connectivity index (χ2v) is 7.56.